The molecule has 0 amide bonds. The largest absolute Gasteiger partial charge is 0.303 e. The van der Waals surface area contributed by atoms with Crippen molar-refractivity contribution in [2.45, 2.75) is 39.0 Å². The fourth-order valence-corrected chi connectivity index (χ4v) is 2.53. The molecule has 0 N–H and O–H groups in total. The van der Waals surface area contributed by atoms with Crippen LogP contribution >= 0.6 is 12.4 Å². The Bertz CT molecular complexity index is 382. The Hall–Kier alpha value is -0.860. The molecule has 0 bridgehead atoms. The molecule has 2 rings (SSSR count). The second kappa shape index (κ2) is 8.34. The van der Waals surface area contributed by atoms with Gasteiger partial charge in [-0.25, -0.2) is 0 Å². The fourth-order valence-electron chi connectivity index (χ4n) is 2.53. The molecule has 0 saturated carbocycles. The van der Waals surface area contributed by atoms with Gasteiger partial charge in [0.05, 0.1) is 0 Å². The SMILES string of the molecule is CCC(=O)c1ccc(CCN2CCCCC2)cc1.Cl. The lowest BCUT2D eigenvalue weighted by molar-refractivity contribution is 0.0988. The Morgan fingerprint density at radius 1 is 1.11 bits per heavy atom. The molecule has 1 fully saturated rings. The Balaban J connectivity index is 0.00000180. The van der Waals surface area contributed by atoms with Crippen molar-refractivity contribution < 1.29 is 4.79 Å². The first-order chi connectivity index (χ1) is 8.79. The molecule has 0 spiro atoms. The van der Waals surface area contributed by atoms with E-state index in [0.717, 1.165) is 18.5 Å². The monoisotopic (exact) mass is 281 g/mol. The topological polar surface area (TPSA) is 20.3 Å². The molecule has 1 aromatic carbocycles. The number of nitrogens with zero attached hydrogens (tertiary/aromatic N) is 1. The molecule has 1 aliphatic rings. The third kappa shape index (κ3) is 4.96. The van der Waals surface area contributed by atoms with Gasteiger partial charge in [-0.15, -0.1) is 12.4 Å². The number of hydrogen-bond donors (Lipinski definition) is 0. The summed E-state index contributed by atoms with van der Waals surface area (Å²) in [6.07, 6.45) is 5.78. The molecule has 19 heavy (non-hydrogen) atoms. The van der Waals surface area contributed by atoms with E-state index in [1.807, 2.05) is 19.1 Å². The number of rotatable bonds is 5. The maximum Gasteiger partial charge on any atom is 0.162 e. The number of hydrogen-bond acceptors (Lipinski definition) is 2. The van der Waals surface area contributed by atoms with E-state index in [2.05, 4.69) is 17.0 Å². The van der Waals surface area contributed by atoms with Gasteiger partial charge >= 0.3 is 0 Å². The zero-order chi connectivity index (χ0) is 12.8. The molecule has 1 aromatic rings. The van der Waals surface area contributed by atoms with E-state index >= 15 is 0 Å². The Kier molecular flexibility index (Phi) is 7.11. The summed E-state index contributed by atoms with van der Waals surface area (Å²) in [5, 5.41) is 0. The molecule has 0 radical (unpaired) electrons. The summed E-state index contributed by atoms with van der Waals surface area (Å²) < 4.78 is 0. The number of piperidine rings is 1. The summed E-state index contributed by atoms with van der Waals surface area (Å²) in [4.78, 5) is 14.1. The molecule has 0 aliphatic carbocycles. The zero-order valence-corrected chi connectivity index (χ0v) is 12.5. The van der Waals surface area contributed by atoms with Crippen molar-refractivity contribution in [1.82, 2.24) is 4.90 Å². The number of halogens is 1. The van der Waals surface area contributed by atoms with E-state index in [0.29, 0.717) is 6.42 Å². The van der Waals surface area contributed by atoms with Crippen molar-refractivity contribution in [1.29, 1.82) is 0 Å². The van der Waals surface area contributed by atoms with Gasteiger partial charge < -0.3 is 4.90 Å². The molecule has 0 aromatic heterocycles. The summed E-state index contributed by atoms with van der Waals surface area (Å²) in [5.41, 5.74) is 2.19. The van der Waals surface area contributed by atoms with Gasteiger partial charge in [-0.3, -0.25) is 4.79 Å². The van der Waals surface area contributed by atoms with E-state index in [1.54, 1.807) is 0 Å². The number of likely N-dealkylation sites (tertiary alicyclic amines) is 1. The maximum absolute atomic E-state index is 11.5. The van der Waals surface area contributed by atoms with Crippen LogP contribution in [0, 0.1) is 0 Å². The minimum absolute atomic E-state index is 0. The maximum atomic E-state index is 11.5. The molecular weight excluding hydrogens is 258 g/mol. The van der Waals surface area contributed by atoms with Crippen molar-refractivity contribution in [2.24, 2.45) is 0 Å². The molecular formula is C16H24ClNO. The summed E-state index contributed by atoms with van der Waals surface area (Å²) >= 11 is 0. The summed E-state index contributed by atoms with van der Waals surface area (Å²) in [5.74, 6) is 0.234. The number of ketones is 1. The summed E-state index contributed by atoms with van der Waals surface area (Å²) in [6, 6.07) is 8.15. The van der Waals surface area contributed by atoms with E-state index < -0.39 is 0 Å². The van der Waals surface area contributed by atoms with E-state index in [1.165, 1.54) is 37.9 Å². The highest BCUT2D eigenvalue weighted by atomic mass is 35.5. The first-order valence-corrected chi connectivity index (χ1v) is 7.14. The molecule has 1 heterocycles. The first-order valence-electron chi connectivity index (χ1n) is 7.14. The standard InChI is InChI=1S/C16H23NO.ClH/c1-2-16(18)15-8-6-14(7-9-15)10-13-17-11-4-3-5-12-17;/h6-9H,2-5,10-13H2,1H3;1H. The van der Waals surface area contributed by atoms with Crippen molar-refractivity contribution in [3.05, 3.63) is 35.4 Å². The van der Waals surface area contributed by atoms with Crippen LogP contribution in [0.25, 0.3) is 0 Å². The molecule has 3 heteroatoms. The lowest BCUT2D eigenvalue weighted by Gasteiger charge is -2.26. The summed E-state index contributed by atoms with van der Waals surface area (Å²) in [7, 11) is 0. The predicted molar refractivity (Wildman–Crippen MR) is 82.3 cm³/mol. The molecule has 106 valence electrons. The fraction of sp³-hybridized carbons (Fsp3) is 0.562. The zero-order valence-electron chi connectivity index (χ0n) is 11.7. The van der Waals surface area contributed by atoms with Gasteiger partial charge in [-0.2, -0.15) is 0 Å². The average Bonchev–Trinajstić information content (AvgIpc) is 2.46. The van der Waals surface area contributed by atoms with E-state index in [4.69, 9.17) is 0 Å². The first kappa shape index (κ1) is 16.2. The highest BCUT2D eigenvalue weighted by Crippen LogP contribution is 2.11. The minimum atomic E-state index is 0. The van der Waals surface area contributed by atoms with Gasteiger partial charge in [-0.05, 0) is 37.9 Å². The second-order valence-corrected chi connectivity index (χ2v) is 5.13. The highest BCUT2D eigenvalue weighted by Gasteiger charge is 2.09. The number of carbonyl (C=O) groups is 1. The van der Waals surface area contributed by atoms with E-state index in [-0.39, 0.29) is 18.2 Å². The van der Waals surface area contributed by atoms with Crippen LogP contribution in [-0.4, -0.2) is 30.3 Å². The van der Waals surface area contributed by atoms with Crippen LogP contribution in [0.5, 0.6) is 0 Å². The highest BCUT2D eigenvalue weighted by molar-refractivity contribution is 5.95. The number of benzene rings is 1. The van der Waals surface area contributed by atoms with Gasteiger partial charge in [0.1, 0.15) is 0 Å². The lowest BCUT2D eigenvalue weighted by atomic mass is 10.0. The molecule has 0 atom stereocenters. The van der Waals surface area contributed by atoms with Crippen LogP contribution in [0.1, 0.15) is 48.5 Å². The van der Waals surface area contributed by atoms with Crippen molar-refractivity contribution in [2.75, 3.05) is 19.6 Å². The number of Topliss-reactive ketones (excluding diaryl/α,β-unsaturated/α-hetero) is 1. The summed E-state index contributed by atoms with van der Waals surface area (Å²) in [6.45, 7) is 5.58. The number of carbonyl (C=O) groups excluding carboxylic acids is 1. The van der Waals surface area contributed by atoms with E-state index in [9.17, 15) is 4.79 Å². The van der Waals surface area contributed by atoms with Crippen molar-refractivity contribution in [3.8, 4) is 0 Å². The Morgan fingerprint density at radius 2 is 1.74 bits per heavy atom. The Labute approximate surface area is 122 Å². The normalized spacial score (nSPS) is 15.8. The third-order valence-electron chi connectivity index (χ3n) is 3.76. The van der Waals surface area contributed by atoms with Crippen LogP contribution in [-0.2, 0) is 6.42 Å². The van der Waals surface area contributed by atoms with Crippen LogP contribution in [0.15, 0.2) is 24.3 Å². The predicted octanol–water partition coefficient (Wildman–Crippen LogP) is 3.73. The average molecular weight is 282 g/mol. The van der Waals surface area contributed by atoms with Crippen molar-refractivity contribution >= 4 is 18.2 Å². The lowest BCUT2D eigenvalue weighted by Crippen LogP contribution is -2.31. The van der Waals surface area contributed by atoms with Gasteiger partial charge in [0.15, 0.2) is 5.78 Å². The molecule has 1 saturated heterocycles. The molecule has 1 aliphatic heterocycles. The smallest absolute Gasteiger partial charge is 0.162 e. The van der Waals surface area contributed by atoms with Crippen LogP contribution in [0.4, 0.5) is 0 Å². The molecule has 2 nitrogen and oxygen atoms in total. The third-order valence-corrected chi connectivity index (χ3v) is 3.76. The minimum Gasteiger partial charge on any atom is -0.303 e. The van der Waals surface area contributed by atoms with Crippen LogP contribution in [0.2, 0.25) is 0 Å². The molecule has 0 unspecified atom stereocenters. The quantitative estimate of drug-likeness (QED) is 0.767. The Morgan fingerprint density at radius 3 is 2.32 bits per heavy atom. The van der Waals surface area contributed by atoms with Gasteiger partial charge in [-0.1, -0.05) is 37.6 Å². The van der Waals surface area contributed by atoms with Crippen LogP contribution in [0.3, 0.4) is 0 Å². The van der Waals surface area contributed by atoms with Gasteiger partial charge in [0.25, 0.3) is 0 Å². The second-order valence-electron chi connectivity index (χ2n) is 5.13. The van der Waals surface area contributed by atoms with Crippen LogP contribution < -0.4 is 0 Å². The van der Waals surface area contributed by atoms with Gasteiger partial charge in [0, 0.05) is 18.5 Å². The van der Waals surface area contributed by atoms with Crippen molar-refractivity contribution in [3.63, 3.8) is 0 Å². The van der Waals surface area contributed by atoms with Gasteiger partial charge in [0.2, 0.25) is 0 Å².